The van der Waals surface area contributed by atoms with Gasteiger partial charge in [-0.25, -0.2) is 9.37 Å². The van der Waals surface area contributed by atoms with Gasteiger partial charge < -0.3 is 5.32 Å². The highest BCUT2D eigenvalue weighted by atomic mass is 32.1. The number of hydrogen-bond acceptors (Lipinski definition) is 3. The number of aryl methyl sites for hydroxylation is 1. The smallest absolute Gasteiger partial charge is 0.194 e. The Morgan fingerprint density at radius 1 is 1.40 bits per heavy atom. The van der Waals surface area contributed by atoms with E-state index in [1.165, 1.54) is 6.07 Å². The number of thiazole rings is 1. The first-order valence-corrected chi connectivity index (χ1v) is 7.43. The van der Waals surface area contributed by atoms with Crippen LogP contribution < -0.4 is 5.32 Å². The molecule has 0 bridgehead atoms. The molecule has 1 unspecified atom stereocenters. The van der Waals surface area contributed by atoms with E-state index in [4.69, 9.17) is 0 Å². The molecule has 3 nitrogen and oxygen atoms in total. The Hall–Kier alpha value is -1.72. The molecule has 20 heavy (non-hydrogen) atoms. The lowest BCUT2D eigenvalue weighted by atomic mass is 10.1. The van der Waals surface area contributed by atoms with Crippen molar-refractivity contribution in [3.63, 3.8) is 0 Å². The number of rotatable bonds is 4. The highest BCUT2D eigenvalue weighted by Crippen LogP contribution is 2.19. The fourth-order valence-corrected chi connectivity index (χ4v) is 3.12. The van der Waals surface area contributed by atoms with Gasteiger partial charge in [-0.1, -0.05) is 18.2 Å². The van der Waals surface area contributed by atoms with Crippen LogP contribution in [0.1, 0.15) is 29.9 Å². The molecule has 0 radical (unpaired) electrons. The molecular weight excluding hydrogens is 273 g/mol. The summed E-state index contributed by atoms with van der Waals surface area (Å²) >= 11 is 1.62. The quantitative estimate of drug-likeness (QED) is 0.793. The predicted molar refractivity (Wildman–Crippen MR) is 79.5 cm³/mol. The SMILES string of the molecule is Cc1nc2sccn2c1CNC(C)c1ccccc1F. The van der Waals surface area contributed by atoms with E-state index in [0.717, 1.165) is 16.3 Å². The van der Waals surface area contributed by atoms with Gasteiger partial charge in [0.1, 0.15) is 5.82 Å². The Morgan fingerprint density at radius 3 is 3.00 bits per heavy atom. The minimum Gasteiger partial charge on any atom is -0.304 e. The zero-order chi connectivity index (χ0) is 14.1. The predicted octanol–water partition coefficient (Wildman–Crippen LogP) is 3.69. The van der Waals surface area contributed by atoms with Crippen LogP contribution in [0.3, 0.4) is 0 Å². The van der Waals surface area contributed by atoms with Gasteiger partial charge in [0.05, 0.1) is 11.4 Å². The summed E-state index contributed by atoms with van der Waals surface area (Å²) in [6.07, 6.45) is 2.02. The van der Waals surface area contributed by atoms with Crippen LogP contribution in [0.25, 0.3) is 4.96 Å². The second-order valence-corrected chi connectivity index (χ2v) is 5.70. The van der Waals surface area contributed by atoms with Crippen molar-refractivity contribution in [2.24, 2.45) is 0 Å². The van der Waals surface area contributed by atoms with Crippen LogP contribution in [-0.4, -0.2) is 9.38 Å². The van der Waals surface area contributed by atoms with E-state index in [0.29, 0.717) is 12.1 Å². The van der Waals surface area contributed by atoms with Crippen molar-refractivity contribution in [3.05, 3.63) is 58.6 Å². The van der Waals surface area contributed by atoms with Crippen molar-refractivity contribution < 1.29 is 4.39 Å². The highest BCUT2D eigenvalue weighted by Gasteiger charge is 2.13. The molecule has 0 amide bonds. The number of aromatic nitrogens is 2. The van der Waals surface area contributed by atoms with Gasteiger partial charge in [0.15, 0.2) is 4.96 Å². The van der Waals surface area contributed by atoms with Gasteiger partial charge >= 0.3 is 0 Å². The van der Waals surface area contributed by atoms with Crippen molar-refractivity contribution >= 4 is 16.3 Å². The third-order valence-electron chi connectivity index (χ3n) is 3.51. The minimum absolute atomic E-state index is 0.0419. The van der Waals surface area contributed by atoms with E-state index in [-0.39, 0.29) is 11.9 Å². The second-order valence-electron chi connectivity index (χ2n) is 4.82. The Labute approximate surface area is 121 Å². The molecule has 0 aliphatic heterocycles. The van der Waals surface area contributed by atoms with Crippen molar-refractivity contribution in [2.75, 3.05) is 0 Å². The Morgan fingerprint density at radius 2 is 2.20 bits per heavy atom. The standard InChI is InChI=1S/C15H16FN3S/c1-10(12-5-3-4-6-13(12)16)17-9-14-11(2)18-15-19(14)7-8-20-15/h3-8,10,17H,9H2,1-2H3. The van der Waals surface area contributed by atoms with E-state index in [2.05, 4.69) is 14.7 Å². The van der Waals surface area contributed by atoms with Crippen LogP contribution in [0.5, 0.6) is 0 Å². The van der Waals surface area contributed by atoms with Gasteiger partial charge in [-0.3, -0.25) is 4.40 Å². The third kappa shape index (κ3) is 2.34. The summed E-state index contributed by atoms with van der Waals surface area (Å²) in [5.74, 6) is -0.168. The summed E-state index contributed by atoms with van der Waals surface area (Å²) in [5.41, 5.74) is 2.84. The number of nitrogens with zero attached hydrogens (tertiary/aromatic N) is 2. The molecule has 0 fully saturated rings. The van der Waals surface area contributed by atoms with Crippen LogP contribution >= 0.6 is 11.3 Å². The number of nitrogens with one attached hydrogen (secondary N) is 1. The van der Waals surface area contributed by atoms with Crippen molar-refractivity contribution in [2.45, 2.75) is 26.4 Å². The maximum Gasteiger partial charge on any atom is 0.194 e. The molecule has 0 saturated carbocycles. The van der Waals surface area contributed by atoms with E-state index in [1.807, 2.05) is 37.6 Å². The molecule has 5 heteroatoms. The van der Waals surface area contributed by atoms with Crippen LogP contribution in [-0.2, 0) is 6.54 Å². The highest BCUT2D eigenvalue weighted by molar-refractivity contribution is 7.15. The Balaban J connectivity index is 1.78. The van der Waals surface area contributed by atoms with Crippen molar-refractivity contribution in [3.8, 4) is 0 Å². The topological polar surface area (TPSA) is 29.3 Å². The molecule has 3 aromatic rings. The zero-order valence-electron chi connectivity index (χ0n) is 11.4. The van der Waals surface area contributed by atoms with Gasteiger partial charge in [0.2, 0.25) is 0 Å². The number of hydrogen-bond donors (Lipinski definition) is 1. The van der Waals surface area contributed by atoms with E-state index < -0.39 is 0 Å². The van der Waals surface area contributed by atoms with Crippen molar-refractivity contribution in [1.82, 2.24) is 14.7 Å². The third-order valence-corrected chi connectivity index (χ3v) is 4.27. The fraction of sp³-hybridized carbons (Fsp3) is 0.267. The van der Waals surface area contributed by atoms with Crippen LogP contribution in [0.15, 0.2) is 35.8 Å². The average molecular weight is 289 g/mol. The molecule has 3 rings (SSSR count). The van der Waals surface area contributed by atoms with E-state index >= 15 is 0 Å². The lowest BCUT2D eigenvalue weighted by molar-refractivity contribution is 0.523. The molecule has 0 aliphatic carbocycles. The molecule has 1 N–H and O–H groups in total. The number of halogens is 1. The second kappa shape index (κ2) is 5.34. The Bertz CT molecular complexity index is 732. The fourth-order valence-electron chi connectivity index (χ4n) is 2.34. The van der Waals surface area contributed by atoms with Gasteiger partial charge in [0.25, 0.3) is 0 Å². The summed E-state index contributed by atoms with van der Waals surface area (Å²) in [6.45, 7) is 4.64. The summed E-state index contributed by atoms with van der Waals surface area (Å²) in [5, 5.41) is 5.39. The summed E-state index contributed by atoms with van der Waals surface area (Å²) < 4.78 is 15.8. The molecule has 1 aromatic carbocycles. The molecular formula is C15H16FN3S. The van der Waals surface area contributed by atoms with Gasteiger partial charge in [-0.05, 0) is 19.9 Å². The molecule has 0 spiro atoms. The first-order valence-electron chi connectivity index (χ1n) is 6.55. The van der Waals surface area contributed by atoms with Crippen LogP contribution in [0, 0.1) is 12.7 Å². The molecule has 0 aliphatic rings. The first kappa shape index (κ1) is 13.3. The molecule has 1 atom stereocenters. The average Bonchev–Trinajstić information content (AvgIpc) is 2.97. The lowest BCUT2D eigenvalue weighted by Crippen LogP contribution is -2.20. The van der Waals surface area contributed by atoms with Gasteiger partial charge in [-0.15, -0.1) is 11.3 Å². The van der Waals surface area contributed by atoms with Gasteiger partial charge in [-0.2, -0.15) is 0 Å². The van der Waals surface area contributed by atoms with E-state index in [9.17, 15) is 4.39 Å². The first-order chi connectivity index (χ1) is 9.66. The molecule has 0 saturated heterocycles. The molecule has 104 valence electrons. The van der Waals surface area contributed by atoms with Crippen LogP contribution in [0.4, 0.5) is 4.39 Å². The maximum absolute atomic E-state index is 13.7. The minimum atomic E-state index is -0.168. The van der Waals surface area contributed by atoms with Crippen LogP contribution in [0.2, 0.25) is 0 Å². The summed E-state index contributed by atoms with van der Waals surface area (Å²) in [7, 11) is 0. The largest absolute Gasteiger partial charge is 0.304 e. The van der Waals surface area contributed by atoms with Gasteiger partial charge in [0, 0.05) is 29.7 Å². The van der Waals surface area contributed by atoms with E-state index in [1.54, 1.807) is 17.4 Å². The zero-order valence-corrected chi connectivity index (χ0v) is 12.2. The summed E-state index contributed by atoms with van der Waals surface area (Å²) in [4.78, 5) is 5.51. The maximum atomic E-state index is 13.7. The number of benzene rings is 1. The number of fused-ring (bicyclic) bond motifs is 1. The molecule has 2 heterocycles. The lowest BCUT2D eigenvalue weighted by Gasteiger charge is -2.15. The molecule has 2 aromatic heterocycles. The monoisotopic (exact) mass is 289 g/mol. The Kier molecular flexibility index (Phi) is 3.54. The number of imidazole rings is 1. The summed E-state index contributed by atoms with van der Waals surface area (Å²) in [6, 6.07) is 6.84. The van der Waals surface area contributed by atoms with Crippen molar-refractivity contribution in [1.29, 1.82) is 0 Å². The normalized spacial score (nSPS) is 12.9.